The second-order valence-corrected chi connectivity index (χ2v) is 58.1. The van der Waals surface area contributed by atoms with Crippen LogP contribution in [-0.2, 0) is 32.0 Å². The minimum absolute atomic E-state index is 0.0208. The lowest BCUT2D eigenvalue weighted by Crippen LogP contribution is -2.50. The highest BCUT2D eigenvalue weighted by Crippen LogP contribution is 2.61. The molecule has 0 heterocycles. The van der Waals surface area contributed by atoms with Crippen LogP contribution in [0.2, 0.25) is 72.5 Å². The predicted octanol–water partition coefficient (Wildman–Crippen LogP) is 23.0. The number of carbonyl (C=O) groups excluding carboxylic acids is 1. The Bertz CT molecular complexity index is 2530. The van der Waals surface area contributed by atoms with Crippen molar-refractivity contribution in [1.82, 2.24) is 0 Å². The van der Waals surface area contributed by atoms with Gasteiger partial charge < -0.3 is 32.3 Å². The Labute approximate surface area is 572 Å². The topological polar surface area (TPSA) is 92.7 Å². The van der Waals surface area contributed by atoms with Crippen LogP contribution in [-0.4, -0.2) is 101 Å². The molecule has 6 rings (SSSR count). The van der Waals surface area contributed by atoms with E-state index in [1.54, 1.807) is 17.2 Å². The summed E-state index contributed by atoms with van der Waals surface area (Å²) in [4.78, 5) is 12.0. The zero-order valence-electron chi connectivity index (χ0n) is 65.6. The van der Waals surface area contributed by atoms with Gasteiger partial charge >= 0.3 is 0 Å². The van der Waals surface area contributed by atoms with E-state index < -0.39 is 33.3 Å². The summed E-state index contributed by atoms with van der Waals surface area (Å²) >= 11 is 0. The Morgan fingerprint density at radius 2 is 0.772 bits per heavy atom. The molecule has 530 valence electrons. The first-order valence-corrected chi connectivity index (χ1v) is 48.6. The van der Waals surface area contributed by atoms with E-state index in [1.165, 1.54) is 75.4 Å². The van der Waals surface area contributed by atoms with Gasteiger partial charge in [0.25, 0.3) is 0 Å². The van der Waals surface area contributed by atoms with Crippen molar-refractivity contribution in [2.75, 3.05) is 19.8 Å². The zero-order valence-corrected chi connectivity index (χ0v) is 69.6. The molecule has 0 radical (unpaired) electrons. The van der Waals surface area contributed by atoms with Crippen molar-refractivity contribution in [1.29, 1.82) is 0 Å². The molecule has 12 atom stereocenters. The Kier molecular flexibility index (Phi) is 27.5. The van der Waals surface area contributed by atoms with Gasteiger partial charge in [0.2, 0.25) is 0 Å². The second kappa shape index (κ2) is 31.1. The summed E-state index contributed by atoms with van der Waals surface area (Å²) in [6.07, 6.45) is 33.1. The largest absolute Gasteiger partial charge is 0.410 e. The van der Waals surface area contributed by atoms with E-state index in [0.717, 1.165) is 69.2 Å². The van der Waals surface area contributed by atoms with Gasteiger partial charge in [0, 0.05) is 13.2 Å². The lowest BCUT2D eigenvalue weighted by Gasteiger charge is -2.46. The van der Waals surface area contributed by atoms with E-state index in [-0.39, 0.29) is 51.2 Å². The van der Waals surface area contributed by atoms with E-state index in [4.69, 9.17) is 27.2 Å². The summed E-state index contributed by atoms with van der Waals surface area (Å²) in [7, 11) is -8.31. The van der Waals surface area contributed by atoms with E-state index >= 15 is 0 Å². The van der Waals surface area contributed by atoms with E-state index in [1.807, 2.05) is 6.08 Å². The summed E-state index contributed by atoms with van der Waals surface area (Å²) in [6.45, 7) is 71.7. The molecule has 0 bridgehead atoms. The third kappa shape index (κ3) is 20.9. The molecule has 6 aliphatic carbocycles. The van der Waals surface area contributed by atoms with Gasteiger partial charge in [-0.2, -0.15) is 0 Å². The minimum Gasteiger partial charge on any atom is -0.410 e. The highest BCUT2D eigenvalue weighted by atomic mass is 28.4. The maximum absolute atomic E-state index is 12.0. The van der Waals surface area contributed by atoms with Gasteiger partial charge in [0.1, 0.15) is 6.29 Å². The normalized spacial score (nSPS) is 30.0. The number of allylic oxidation sites excluding steroid dienone is 7. The Morgan fingerprint density at radius 3 is 1.04 bits per heavy atom. The van der Waals surface area contributed by atoms with Crippen LogP contribution < -0.4 is 0 Å². The lowest BCUT2D eigenvalue weighted by molar-refractivity contribution is -0.104. The standard InChI is InChI=1S/C40H74O4Si2.C40H72O4Si2/c2*1-29(42-26-24-37(2,3)4)33-20-21-34-31(17-16-23-40(33,34)11)19-18-30-27-35(43-45(12,13)38(5,6)7)32(22-25-41)36(28-30)44-46(14,15)39(8,9)10/h18-19,22,29,33-36,41H,16-17,20-21,23-28H2,1-15H3;18-19,22,25,29,33-36H,16-17,20-21,23-24,26-28H2,1-15H3/b2*30-18?,31-19+,32-22?/t2*29-,33?,34?,35-,36-,40?/m11/s1. The van der Waals surface area contributed by atoms with Crippen molar-refractivity contribution in [2.24, 2.45) is 45.3 Å². The zero-order chi connectivity index (χ0) is 69.9. The van der Waals surface area contributed by atoms with Crippen LogP contribution in [0.4, 0.5) is 0 Å². The molecular weight excluding hydrogens is 1200 g/mol. The van der Waals surface area contributed by atoms with Crippen LogP contribution in [0.15, 0.2) is 69.9 Å². The molecule has 6 aliphatic rings. The number of hydrogen-bond acceptors (Lipinski definition) is 8. The molecule has 1 N–H and O–H groups in total. The molecule has 8 nitrogen and oxygen atoms in total. The van der Waals surface area contributed by atoms with Crippen LogP contribution in [0.1, 0.15) is 255 Å². The average molecular weight is 1350 g/mol. The lowest BCUT2D eigenvalue weighted by atomic mass is 9.62. The van der Waals surface area contributed by atoms with Gasteiger partial charge in [-0.1, -0.05) is 191 Å². The fourth-order valence-corrected chi connectivity index (χ4v) is 20.5. The minimum atomic E-state index is -2.09. The maximum atomic E-state index is 12.0. The number of aldehydes is 1. The van der Waals surface area contributed by atoms with Crippen molar-refractivity contribution in [2.45, 2.75) is 364 Å². The Balaban J connectivity index is 0.000000334. The smallest absolute Gasteiger partial charge is 0.192 e. The molecule has 6 fully saturated rings. The number of fused-ring (bicyclic) bond motifs is 2. The van der Waals surface area contributed by atoms with Gasteiger partial charge in [0.05, 0.1) is 43.2 Å². The molecule has 0 saturated heterocycles. The van der Waals surface area contributed by atoms with E-state index in [0.29, 0.717) is 57.5 Å². The number of rotatable bonds is 20. The van der Waals surface area contributed by atoms with Gasteiger partial charge in [-0.25, -0.2) is 0 Å². The summed E-state index contributed by atoms with van der Waals surface area (Å²) in [6, 6.07) is 0. The van der Waals surface area contributed by atoms with Crippen molar-refractivity contribution in [3.8, 4) is 0 Å². The first-order valence-electron chi connectivity index (χ1n) is 37.0. The quantitative estimate of drug-likeness (QED) is 0.0558. The summed E-state index contributed by atoms with van der Waals surface area (Å²) in [5, 5.41) is 10.5. The molecule has 0 spiro atoms. The van der Waals surface area contributed by atoms with Crippen LogP contribution in [0.3, 0.4) is 0 Å². The van der Waals surface area contributed by atoms with Crippen molar-refractivity contribution in [3.05, 3.63) is 69.9 Å². The molecule has 0 aromatic rings. The van der Waals surface area contributed by atoms with Gasteiger partial charge in [-0.3, -0.25) is 4.79 Å². The van der Waals surface area contributed by atoms with E-state index in [2.05, 4.69) is 229 Å². The van der Waals surface area contributed by atoms with Crippen molar-refractivity contribution < 1.29 is 37.1 Å². The van der Waals surface area contributed by atoms with Crippen LogP contribution in [0.25, 0.3) is 0 Å². The molecule has 0 amide bonds. The third-order valence-corrected chi connectivity index (χ3v) is 43.5. The molecule has 92 heavy (non-hydrogen) atoms. The fourth-order valence-electron chi connectivity index (χ4n) is 15.4. The number of aliphatic hydroxyl groups excluding tert-OH is 1. The molecule has 0 aromatic carbocycles. The number of carbonyl (C=O) groups is 1. The monoisotopic (exact) mass is 1350 g/mol. The summed E-state index contributed by atoms with van der Waals surface area (Å²) in [5.74, 6) is 2.51. The Morgan fingerprint density at radius 1 is 0.467 bits per heavy atom. The van der Waals surface area contributed by atoms with Crippen LogP contribution >= 0.6 is 0 Å². The average Bonchev–Trinajstić information content (AvgIpc) is 1.53. The molecule has 0 aromatic heterocycles. The molecular formula is C80H146O8Si4. The van der Waals surface area contributed by atoms with E-state index in [9.17, 15) is 9.90 Å². The third-order valence-electron chi connectivity index (χ3n) is 25.6. The van der Waals surface area contributed by atoms with Crippen molar-refractivity contribution >= 4 is 39.6 Å². The fraction of sp³-hybridized carbons (Fsp3) is 0.838. The summed E-state index contributed by atoms with van der Waals surface area (Å²) in [5.41, 5.74) is 9.53. The first-order chi connectivity index (χ1) is 41.8. The number of ether oxygens (including phenoxy) is 2. The Hall–Kier alpha value is -1.30. The summed E-state index contributed by atoms with van der Waals surface area (Å²) < 4.78 is 41.6. The predicted molar refractivity (Wildman–Crippen MR) is 404 cm³/mol. The van der Waals surface area contributed by atoms with Gasteiger partial charge in [0.15, 0.2) is 33.3 Å². The highest BCUT2D eigenvalue weighted by Gasteiger charge is 2.54. The first kappa shape index (κ1) is 81.4. The van der Waals surface area contributed by atoms with Gasteiger partial charge in [-0.15, -0.1) is 0 Å². The van der Waals surface area contributed by atoms with Crippen molar-refractivity contribution in [3.63, 3.8) is 0 Å². The molecule has 6 saturated carbocycles. The molecule has 6 unspecified atom stereocenters. The number of hydrogen-bond donors (Lipinski definition) is 1. The maximum Gasteiger partial charge on any atom is 0.192 e. The second-order valence-electron chi connectivity index (χ2n) is 39.1. The van der Waals surface area contributed by atoms with Crippen LogP contribution in [0, 0.1) is 45.3 Å². The molecule has 0 aliphatic heterocycles. The highest BCUT2D eigenvalue weighted by molar-refractivity contribution is 6.75. The SMILES string of the molecule is C[C@@H](OCCC(C)(C)C)C1CCC2/C(=C/C=C3C[C@@H](O[Si](C)(C)C(C)(C)C)C(=CC=O)[C@H](O[Si](C)(C)C(C)(C)C)C3)CCCC21C.C[C@@H](OCCC(C)(C)C)C1CCC2/C(=C/C=C3C[C@@H](O[Si](C)(C)C(C)(C)C)C(=CCO)[C@H](O[Si](C)(C)C(C)(C)C)C3)CCCC21C. The molecule has 12 heteroatoms. The van der Waals surface area contributed by atoms with Gasteiger partial charge in [-0.05, 0) is 252 Å². The number of aliphatic hydroxyl groups is 1. The van der Waals surface area contributed by atoms with Crippen LogP contribution in [0.5, 0.6) is 0 Å².